The lowest BCUT2D eigenvalue weighted by molar-refractivity contribution is 0.0371. The lowest BCUT2D eigenvalue weighted by atomic mass is 10.2. The molecule has 3 heterocycles. The lowest BCUT2D eigenvalue weighted by Gasteiger charge is -2.51. The number of nitrogens with zero attached hydrogens (tertiary/aromatic N) is 4. The Morgan fingerprint density at radius 2 is 1.11 bits per heavy atom. The van der Waals surface area contributed by atoms with Crippen LogP contribution >= 0.6 is 7.51 Å². The molecule has 0 atom stereocenters. The van der Waals surface area contributed by atoms with Crippen molar-refractivity contribution in [3.05, 3.63) is 35.9 Å². The van der Waals surface area contributed by atoms with E-state index in [1.54, 1.807) is 0 Å². The Kier molecular flexibility index (Phi) is 6.90. The van der Waals surface area contributed by atoms with Crippen molar-refractivity contribution in [1.29, 1.82) is 0 Å². The summed E-state index contributed by atoms with van der Waals surface area (Å²) in [5, 5.41) is 0. The number of morpholine rings is 3. The molecule has 4 rings (SSSR count). The van der Waals surface area contributed by atoms with Gasteiger partial charge in [-0.1, -0.05) is 18.2 Å². The molecular formula is C19H29N4O4P. The maximum absolute atomic E-state index is 13.3. The van der Waals surface area contributed by atoms with Crippen LogP contribution in [-0.4, -0.2) is 98.8 Å². The van der Waals surface area contributed by atoms with Crippen LogP contribution in [-0.2, 0) is 14.2 Å². The largest absolute Gasteiger partial charge is 0.379 e. The highest BCUT2D eigenvalue weighted by Gasteiger charge is 2.43. The van der Waals surface area contributed by atoms with Crippen molar-refractivity contribution in [2.75, 3.05) is 78.9 Å². The van der Waals surface area contributed by atoms with Gasteiger partial charge in [0.05, 0.1) is 39.6 Å². The van der Waals surface area contributed by atoms with E-state index in [0.717, 1.165) is 39.3 Å². The number of ether oxygens (including phenoxy) is 3. The van der Waals surface area contributed by atoms with E-state index in [1.807, 2.05) is 30.3 Å². The average molecular weight is 408 g/mol. The van der Waals surface area contributed by atoms with E-state index in [1.165, 1.54) is 0 Å². The van der Waals surface area contributed by atoms with Crippen LogP contribution in [0.4, 0.5) is 0 Å². The first-order valence-corrected chi connectivity index (χ1v) is 11.6. The average Bonchev–Trinajstić information content (AvgIpc) is 2.80. The van der Waals surface area contributed by atoms with Gasteiger partial charge >= 0.3 is 0 Å². The second kappa shape index (κ2) is 9.59. The second-order valence-electron chi connectivity index (χ2n) is 7.01. The van der Waals surface area contributed by atoms with E-state index in [-0.39, 0.29) is 5.91 Å². The fraction of sp³-hybridized carbons (Fsp3) is 0.632. The van der Waals surface area contributed by atoms with Gasteiger partial charge in [0.25, 0.3) is 5.91 Å². The van der Waals surface area contributed by atoms with Crippen LogP contribution in [0.5, 0.6) is 0 Å². The summed E-state index contributed by atoms with van der Waals surface area (Å²) in [6.45, 7) is 8.75. The van der Waals surface area contributed by atoms with Crippen molar-refractivity contribution in [3.8, 4) is 0 Å². The Bertz CT molecular complexity index is 647. The fourth-order valence-corrected chi connectivity index (χ4v) is 7.86. The van der Waals surface area contributed by atoms with Gasteiger partial charge < -0.3 is 14.2 Å². The minimum atomic E-state index is -2.41. The molecule has 9 heteroatoms. The molecule has 3 aliphatic rings. The van der Waals surface area contributed by atoms with E-state index in [2.05, 4.69) is 14.0 Å². The van der Waals surface area contributed by atoms with E-state index < -0.39 is 7.51 Å². The van der Waals surface area contributed by atoms with Gasteiger partial charge in [-0.3, -0.25) is 4.79 Å². The molecule has 154 valence electrons. The zero-order valence-electron chi connectivity index (χ0n) is 16.2. The Balaban J connectivity index is 1.80. The van der Waals surface area contributed by atoms with Crippen molar-refractivity contribution in [2.24, 2.45) is 4.74 Å². The number of benzene rings is 1. The molecule has 1 amide bonds. The van der Waals surface area contributed by atoms with Crippen LogP contribution in [0.2, 0.25) is 0 Å². The summed E-state index contributed by atoms with van der Waals surface area (Å²) in [5.74, 6) is -0.140. The standard InChI is InChI=1S/C19H29N4O4P/c24-19(18-4-2-1-3-5-18)20-28(21-6-12-25-13-7-21,22-8-14-26-15-9-22)23-10-16-27-17-11-23/h1-5H,6-17H2. The molecule has 1 aromatic carbocycles. The maximum Gasteiger partial charge on any atom is 0.279 e. The second-order valence-corrected chi connectivity index (χ2v) is 9.98. The molecule has 1 aromatic rings. The number of carbonyl (C=O) groups is 1. The van der Waals surface area contributed by atoms with Crippen LogP contribution in [0, 0.1) is 0 Å². The molecule has 0 radical (unpaired) electrons. The summed E-state index contributed by atoms with van der Waals surface area (Å²) < 4.78 is 29.1. The molecule has 3 aliphatic heterocycles. The molecule has 3 fully saturated rings. The predicted octanol–water partition coefficient (Wildman–Crippen LogP) is 1.77. The number of rotatable bonds is 4. The number of hydrogen-bond donors (Lipinski definition) is 0. The smallest absolute Gasteiger partial charge is 0.279 e. The Morgan fingerprint density at radius 3 is 1.50 bits per heavy atom. The van der Waals surface area contributed by atoms with Crippen molar-refractivity contribution >= 4 is 13.4 Å². The minimum Gasteiger partial charge on any atom is -0.379 e. The third kappa shape index (κ3) is 4.24. The molecule has 3 saturated heterocycles. The summed E-state index contributed by atoms with van der Waals surface area (Å²) >= 11 is 0. The summed E-state index contributed by atoms with van der Waals surface area (Å²) in [7, 11) is -2.41. The van der Waals surface area contributed by atoms with Gasteiger partial charge in [-0.2, -0.15) is 4.74 Å². The molecule has 28 heavy (non-hydrogen) atoms. The molecule has 0 N–H and O–H groups in total. The van der Waals surface area contributed by atoms with Crippen molar-refractivity contribution < 1.29 is 19.0 Å². The van der Waals surface area contributed by atoms with Crippen LogP contribution in [0.3, 0.4) is 0 Å². The van der Waals surface area contributed by atoms with Crippen LogP contribution in [0.15, 0.2) is 35.1 Å². The molecule has 0 unspecified atom stereocenters. The number of amides is 1. The monoisotopic (exact) mass is 408 g/mol. The zero-order valence-corrected chi connectivity index (χ0v) is 17.1. The number of carbonyl (C=O) groups excluding carboxylic acids is 1. The summed E-state index contributed by atoms with van der Waals surface area (Å²) in [6, 6.07) is 9.39. The first-order valence-electron chi connectivity index (χ1n) is 10.0. The van der Waals surface area contributed by atoms with Gasteiger partial charge in [-0.15, -0.1) is 0 Å². The van der Waals surface area contributed by atoms with E-state index in [9.17, 15) is 4.79 Å². The van der Waals surface area contributed by atoms with Gasteiger partial charge in [0.2, 0.25) is 0 Å². The Labute approximate surface area is 166 Å². The molecular weight excluding hydrogens is 379 g/mol. The molecule has 0 bridgehead atoms. The Hall–Kier alpha value is -1.12. The molecule has 8 nitrogen and oxygen atoms in total. The van der Waals surface area contributed by atoms with Crippen molar-refractivity contribution in [2.45, 2.75) is 0 Å². The predicted molar refractivity (Wildman–Crippen MR) is 107 cm³/mol. The minimum absolute atomic E-state index is 0.140. The highest BCUT2D eigenvalue weighted by Crippen LogP contribution is 2.60. The first-order chi connectivity index (χ1) is 13.8. The van der Waals surface area contributed by atoms with Crippen molar-refractivity contribution in [1.82, 2.24) is 14.0 Å². The topological polar surface area (TPSA) is 66.8 Å². The van der Waals surface area contributed by atoms with E-state index >= 15 is 0 Å². The van der Waals surface area contributed by atoms with Crippen molar-refractivity contribution in [3.63, 3.8) is 0 Å². The van der Waals surface area contributed by atoms with Gasteiger partial charge in [-0.05, 0) is 12.1 Å². The van der Waals surface area contributed by atoms with Gasteiger partial charge in [0, 0.05) is 44.8 Å². The normalized spacial score (nSPS) is 23.4. The SMILES string of the molecule is O=C(N=P(N1CCOCC1)(N1CCOCC1)N1CCOCC1)c1ccccc1. The highest BCUT2D eigenvalue weighted by molar-refractivity contribution is 7.59. The molecule has 0 spiro atoms. The summed E-state index contributed by atoms with van der Waals surface area (Å²) in [5.41, 5.74) is 0.640. The zero-order chi connectivity index (χ0) is 19.2. The molecule has 0 saturated carbocycles. The third-order valence-electron chi connectivity index (χ3n) is 5.35. The quantitative estimate of drug-likeness (QED) is 0.704. The maximum atomic E-state index is 13.3. The highest BCUT2D eigenvalue weighted by atomic mass is 31.2. The van der Waals surface area contributed by atoms with E-state index in [4.69, 9.17) is 19.0 Å². The molecule has 0 aromatic heterocycles. The van der Waals surface area contributed by atoms with Gasteiger partial charge in [0.15, 0.2) is 7.51 Å². The number of hydrogen-bond acceptors (Lipinski definition) is 4. The van der Waals surface area contributed by atoms with Gasteiger partial charge in [0.1, 0.15) is 0 Å². The summed E-state index contributed by atoms with van der Waals surface area (Å²) in [6.07, 6.45) is 0. The summed E-state index contributed by atoms with van der Waals surface area (Å²) in [4.78, 5) is 13.3. The Morgan fingerprint density at radius 1 is 0.714 bits per heavy atom. The van der Waals surface area contributed by atoms with Crippen LogP contribution in [0.25, 0.3) is 0 Å². The van der Waals surface area contributed by atoms with Gasteiger partial charge in [-0.25, -0.2) is 14.0 Å². The lowest BCUT2D eigenvalue weighted by Crippen LogP contribution is -2.51. The van der Waals surface area contributed by atoms with Crippen LogP contribution in [0.1, 0.15) is 10.4 Å². The fourth-order valence-electron chi connectivity index (χ4n) is 3.95. The van der Waals surface area contributed by atoms with E-state index in [0.29, 0.717) is 45.2 Å². The van der Waals surface area contributed by atoms with Crippen LogP contribution < -0.4 is 0 Å². The third-order valence-corrected chi connectivity index (χ3v) is 9.27. The molecule has 0 aliphatic carbocycles. The first kappa shape index (κ1) is 20.2.